The van der Waals surface area contributed by atoms with Gasteiger partial charge in [0, 0.05) is 25.4 Å². The van der Waals surface area contributed by atoms with Gasteiger partial charge in [-0.05, 0) is 34.9 Å². The predicted molar refractivity (Wildman–Crippen MR) is 104 cm³/mol. The van der Waals surface area contributed by atoms with Crippen molar-refractivity contribution in [3.05, 3.63) is 94.5 Å². The number of nitrogens with one attached hydrogen (secondary N) is 1. The summed E-state index contributed by atoms with van der Waals surface area (Å²) < 4.78 is 14.9. The Bertz CT molecular complexity index is 995. The third kappa shape index (κ3) is 4.57. The molecule has 2 aromatic heterocycles. The fraction of sp³-hybridized carbons (Fsp3) is 0.150. The van der Waals surface area contributed by atoms with Gasteiger partial charge in [0.05, 0.1) is 6.54 Å². The number of benzene rings is 2. The summed E-state index contributed by atoms with van der Waals surface area (Å²) in [5, 5.41) is 17.7. The molecule has 7 heteroatoms. The van der Waals surface area contributed by atoms with E-state index in [0.29, 0.717) is 13.0 Å². The zero-order valence-electron chi connectivity index (χ0n) is 14.5. The minimum atomic E-state index is -0.229. The van der Waals surface area contributed by atoms with Crippen LogP contribution in [0.3, 0.4) is 0 Å². The van der Waals surface area contributed by atoms with E-state index in [0.717, 1.165) is 22.2 Å². The van der Waals surface area contributed by atoms with Gasteiger partial charge in [-0.2, -0.15) is 5.10 Å². The highest BCUT2D eigenvalue weighted by Gasteiger charge is 2.07. The molecule has 0 saturated heterocycles. The van der Waals surface area contributed by atoms with Crippen LogP contribution >= 0.6 is 11.3 Å². The maximum atomic E-state index is 13.0. The molecule has 0 atom stereocenters. The number of rotatable bonds is 7. The van der Waals surface area contributed by atoms with Crippen molar-refractivity contribution in [1.82, 2.24) is 20.0 Å². The number of nitrogens with zero attached hydrogens (tertiary/aromatic N) is 4. The van der Waals surface area contributed by atoms with Gasteiger partial charge >= 0.3 is 0 Å². The molecule has 4 aromatic rings. The standard InChI is InChI=1S/C20H18FN5S/c21-18-8-6-15(7-9-18)12-19-24-25-20(27-19)22-13-16-4-1-2-5-17(16)14-26-11-3-10-23-26/h1-11H,12-14H2,(H,22,25). The van der Waals surface area contributed by atoms with Crippen LogP contribution in [0.1, 0.15) is 21.7 Å². The van der Waals surface area contributed by atoms with E-state index in [1.807, 2.05) is 29.1 Å². The van der Waals surface area contributed by atoms with Crippen molar-refractivity contribution in [2.24, 2.45) is 0 Å². The van der Waals surface area contributed by atoms with Gasteiger partial charge in [-0.25, -0.2) is 4.39 Å². The smallest absolute Gasteiger partial charge is 0.205 e. The topological polar surface area (TPSA) is 55.6 Å². The molecule has 0 bridgehead atoms. The molecular formula is C20H18FN5S. The molecule has 0 amide bonds. The molecule has 2 aromatic carbocycles. The van der Waals surface area contributed by atoms with E-state index in [1.165, 1.54) is 34.6 Å². The summed E-state index contributed by atoms with van der Waals surface area (Å²) in [5.74, 6) is -0.229. The van der Waals surface area contributed by atoms with Crippen LogP contribution < -0.4 is 5.32 Å². The molecule has 0 aliphatic rings. The van der Waals surface area contributed by atoms with Crippen molar-refractivity contribution < 1.29 is 4.39 Å². The Morgan fingerprint density at radius 2 is 1.78 bits per heavy atom. The lowest BCUT2D eigenvalue weighted by Gasteiger charge is -2.10. The van der Waals surface area contributed by atoms with Gasteiger partial charge in [0.1, 0.15) is 10.8 Å². The first-order valence-corrected chi connectivity index (χ1v) is 9.43. The summed E-state index contributed by atoms with van der Waals surface area (Å²) in [5.41, 5.74) is 3.43. The zero-order valence-corrected chi connectivity index (χ0v) is 15.4. The van der Waals surface area contributed by atoms with Crippen LogP contribution in [0.4, 0.5) is 9.52 Å². The van der Waals surface area contributed by atoms with Crippen LogP contribution in [0, 0.1) is 5.82 Å². The maximum Gasteiger partial charge on any atom is 0.205 e. The molecule has 0 aliphatic heterocycles. The Morgan fingerprint density at radius 1 is 0.963 bits per heavy atom. The Hall–Kier alpha value is -3.06. The Balaban J connectivity index is 1.39. The summed E-state index contributed by atoms with van der Waals surface area (Å²) in [6.07, 6.45) is 4.39. The lowest BCUT2D eigenvalue weighted by Crippen LogP contribution is -2.07. The third-order valence-electron chi connectivity index (χ3n) is 4.18. The number of aromatic nitrogens is 4. The molecule has 27 heavy (non-hydrogen) atoms. The summed E-state index contributed by atoms with van der Waals surface area (Å²) in [4.78, 5) is 0. The summed E-state index contributed by atoms with van der Waals surface area (Å²) in [7, 11) is 0. The van der Waals surface area contributed by atoms with E-state index in [-0.39, 0.29) is 5.82 Å². The highest BCUT2D eigenvalue weighted by atomic mass is 32.1. The molecule has 0 radical (unpaired) electrons. The third-order valence-corrected chi connectivity index (χ3v) is 5.06. The van der Waals surface area contributed by atoms with Crippen LogP contribution in [0.5, 0.6) is 0 Å². The quantitative estimate of drug-likeness (QED) is 0.525. The number of anilines is 1. The predicted octanol–water partition coefficient (Wildman–Crippen LogP) is 4.12. The van der Waals surface area contributed by atoms with Gasteiger partial charge in [0.25, 0.3) is 0 Å². The minimum absolute atomic E-state index is 0.229. The van der Waals surface area contributed by atoms with E-state index in [2.05, 4.69) is 32.7 Å². The van der Waals surface area contributed by atoms with Crippen LogP contribution in [-0.4, -0.2) is 20.0 Å². The SMILES string of the molecule is Fc1ccc(Cc2nnc(NCc3ccccc3Cn3cccn3)s2)cc1. The Kier molecular flexibility index (Phi) is 5.20. The van der Waals surface area contributed by atoms with E-state index < -0.39 is 0 Å². The van der Waals surface area contributed by atoms with Crippen molar-refractivity contribution in [3.63, 3.8) is 0 Å². The van der Waals surface area contributed by atoms with Crippen LogP contribution in [0.25, 0.3) is 0 Å². The second-order valence-electron chi connectivity index (χ2n) is 6.13. The lowest BCUT2D eigenvalue weighted by atomic mass is 10.1. The normalized spacial score (nSPS) is 10.9. The fourth-order valence-corrected chi connectivity index (χ4v) is 3.57. The highest BCUT2D eigenvalue weighted by Crippen LogP contribution is 2.20. The highest BCUT2D eigenvalue weighted by molar-refractivity contribution is 7.15. The van der Waals surface area contributed by atoms with E-state index in [1.54, 1.807) is 18.3 Å². The van der Waals surface area contributed by atoms with Gasteiger partial charge in [-0.1, -0.05) is 47.7 Å². The molecule has 0 fully saturated rings. The molecule has 0 unspecified atom stereocenters. The number of hydrogen-bond acceptors (Lipinski definition) is 5. The summed E-state index contributed by atoms with van der Waals surface area (Å²) in [6, 6.07) is 16.7. The molecule has 1 N–H and O–H groups in total. The zero-order chi connectivity index (χ0) is 18.5. The Morgan fingerprint density at radius 3 is 2.56 bits per heavy atom. The molecule has 136 valence electrons. The van der Waals surface area contributed by atoms with Gasteiger partial charge in [0.2, 0.25) is 5.13 Å². The molecule has 0 saturated carbocycles. The van der Waals surface area contributed by atoms with Gasteiger partial charge < -0.3 is 5.32 Å². The van der Waals surface area contributed by atoms with Crippen molar-refractivity contribution >= 4 is 16.5 Å². The lowest BCUT2D eigenvalue weighted by molar-refractivity contribution is 0.627. The van der Waals surface area contributed by atoms with Crippen LogP contribution in [0.15, 0.2) is 67.0 Å². The largest absolute Gasteiger partial charge is 0.356 e. The summed E-state index contributed by atoms with van der Waals surface area (Å²) >= 11 is 1.52. The van der Waals surface area contributed by atoms with Crippen molar-refractivity contribution in [2.75, 3.05) is 5.32 Å². The average molecular weight is 379 g/mol. The minimum Gasteiger partial charge on any atom is -0.356 e. The monoisotopic (exact) mass is 379 g/mol. The van der Waals surface area contributed by atoms with Crippen molar-refractivity contribution in [3.8, 4) is 0 Å². The second-order valence-corrected chi connectivity index (χ2v) is 7.19. The van der Waals surface area contributed by atoms with Gasteiger partial charge in [-0.15, -0.1) is 10.2 Å². The van der Waals surface area contributed by atoms with Crippen molar-refractivity contribution in [1.29, 1.82) is 0 Å². The average Bonchev–Trinajstić information content (AvgIpc) is 3.35. The molecule has 0 aliphatic carbocycles. The number of hydrogen-bond donors (Lipinski definition) is 1. The molecule has 0 spiro atoms. The van der Waals surface area contributed by atoms with E-state index >= 15 is 0 Å². The fourth-order valence-electron chi connectivity index (χ4n) is 2.80. The van der Waals surface area contributed by atoms with Gasteiger partial charge in [-0.3, -0.25) is 4.68 Å². The molecule has 2 heterocycles. The summed E-state index contributed by atoms with van der Waals surface area (Å²) in [6.45, 7) is 1.40. The van der Waals surface area contributed by atoms with Gasteiger partial charge in [0.15, 0.2) is 0 Å². The Labute approximate surface area is 160 Å². The molecular weight excluding hydrogens is 361 g/mol. The maximum absolute atomic E-state index is 13.0. The number of halogens is 1. The molecule has 5 nitrogen and oxygen atoms in total. The van der Waals surface area contributed by atoms with E-state index in [9.17, 15) is 4.39 Å². The first kappa shape index (κ1) is 17.4. The molecule has 4 rings (SSSR count). The first-order valence-electron chi connectivity index (χ1n) is 8.61. The van der Waals surface area contributed by atoms with E-state index in [4.69, 9.17) is 0 Å². The first-order chi connectivity index (χ1) is 13.3. The van der Waals surface area contributed by atoms with Crippen LogP contribution in [-0.2, 0) is 19.5 Å². The van der Waals surface area contributed by atoms with Crippen molar-refractivity contribution in [2.45, 2.75) is 19.5 Å². The second kappa shape index (κ2) is 8.09. The van der Waals surface area contributed by atoms with Crippen LogP contribution in [0.2, 0.25) is 0 Å².